The fourth-order valence-electron chi connectivity index (χ4n) is 3.10. The number of urea groups is 1. The highest BCUT2D eigenvalue weighted by atomic mass is 16.2. The molecule has 24 heavy (non-hydrogen) atoms. The number of carbonyl (C=O) groups excluding carboxylic acids is 1. The first-order valence-electron chi connectivity index (χ1n) is 8.44. The van der Waals surface area contributed by atoms with E-state index in [-0.39, 0.29) is 6.03 Å². The first-order chi connectivity index (χ1) is 11.6. The third-order valence-corrected chi connectivity index (χ3v) is 4.34. The summed E-state index contributed by atoms with van der Waals surface area (Å²) in [7, 11) is 0. The number of benzene rings is 1. The minimum atomic E-state index is -0.00766. The lowest BCUT2D eigenvalue weighted by molar-refractivity contribution is 0.143. The summed E-state index contributed by atoms with van der Waals surface area (Å²) in [5.74, 6) is 0. The number of rotatable bonds is 4. The molecule has 0 aliphatic carbocycles. The van der Waals surface area contributed by atoms with E-state index in [4.69, 9.17) is 0 Å². The van der Waals surface area contributed by atoms with E-state index in [2.05, 4.69) is 21.4 Å². The Morgan fingerprint density at radius 2 is 1.79 bits per heavy atom. The standard InChI is InChI=1S/C18H25N5O/c1-15-12-16(2)14-17(13-15)20-18(24)22-9-6-21(7-10-22)8-11-23-5-3-4-19-23/h3-5,12-14H,6-11H2,1-2H3,(H,20,24). The molecule has 1 saturated heterocycles. The molecule has 1 aliphatic rings. The third kappa shape index (κ3) is 4.35. The Bertz CT molecular complexity index is 654. The molecule has 1 aromatic carbocycles. The van der Waals surface area contributed by atoms with Crippen LogP contribution >= 0.6 is 0 Å². The van der Waals surface area contributed by atoms with Gasteiger partial charge in [-0.3, -0.25) is 9.58 Å². The average Bonchev–Trinajstić information content (AvgIpc) is 3.06. The van der Waals surface area contributed by atoms with Crippen LogP contribution in [0, 0.1) is 13.8 Å². The Balaban J connectivity index is 1.46. The van der Waals surface area contributed by atoms with E-state index >= 15 is 0 Å². The van der Waals surface area contributed by atoms with Crippen molar-refractivity contribution in [3.05, 3.63) is 47.8 Å². The first-order valence-corrected chi connectivity index (χ1v) is 8.44. The Morgan fingerprint density at radius 1 is 1.08 bits per heavy atom. The summed E-state index contributed by atoms with van der Waals surface area (Å²) in [5.41, 5.74) is 3.20. The zero-order valence-electron chi connectivity index (χ0n) is 14.4. The normalized spacial score (nSPS) is 15.5. The van der Waals surface area contributed by atoms with E-state index in [9.17, 15) is 4.79 Å². The number of carbonyl (C=O) groups is 1. The van der Waals surface area contributed by atoms with Gasteiger partial charge in [-0.1, -0.05) is 6.07 Å². The average molecular weight is 327 g/mol. The van der Waals surface area contributed by atoms with Crippen LogP contribution in [-0.4, -0.2) is 58.3 Å². The van der Waals surface area contributed by atoms with Crippen molar-refractivity contribution >= 4 is 11.7 Å². The molecule has 0 atom stereocenters. The van der Waals surface area contributed by atoms with E-state index in [1.807, 2.05) is 47.8 Å². The number of anilines is 1. The molecule has 128 valence electrons. The lowest BCUT2D eigenvalue weighted by atomic mass is 10.1. The summed E-state index contributed by atoms with van der Waals surface area (Å²) in [6.07, 6.45) is 3.78. The van der Waals surface area contributed by atoms with Gasteiger partial charge in [-0.25, -0.2) is 4.79 Å². The molecule has 0 spiro atoms. The molecule has 0 radical (unpaired) electrons. The molecule has 0 unspecified atom stereocenters. The van der Waals surface area contributed by atoms with E-state index in [1.165, 1.54) is 0 Å². The largest absolute Gasteiger partial charge is 0.322 e. The zero-order chi connectivity index (χ0) is 16.9. The molecule has 2 heterocycles. The van der Waals surface area contributed by atoms with Gasteiger partial charge in [0.05, 0.1) is 6.54 Å². The number of hydrogen-bond acceptors (Lipinski definition) is 3. The van der Waals surface area contributed by atoms with Crippen molar-refractivity contribution < 1.29 is 4.79 Å². The second-order valence-corrected chi connectivity index (χ2v) is 6.40. The highest BCUT2D eigenvalue weighted by Gasteiger charge is 2.21. The molecule has 1 aromatic heterocycles. The van der Waals surface area contributed by atoms with Gasteiger partial charge < -0.3 is 10.2 Å². The number of hydrogen-bond donors (Lipinski definition) is 1. The Hall–Kier alpha value is -2.34. The zero-order valence-corrected chi connectivity index (χ0v) is 14.4. The molecule has 6 heteroatoms. The van der Waals surface area contributed by atoms with Crippen LogP contribution in [0.1, 0.15) is 11.1 Å². The van der Waals surface area contributed by atoms with Gasteiger partial charge in [-0.05, 0) is 43.2 Å². The third-order valence-electron chi connectivity index (χ3n) is 4.34. The summed E-state index contributed by atoms with van der Waals surface area (Å²) >= 11 is 0. The predicted octanol–water partition coefficient (Wildman–Crippen LogP) is 2.35. The van der Waals surface area contributed by atoms with Crippen molar-refractivity contribution in [3.8, 4) is 0 Å². The molecule has 2 aromatic rings. The van der Waals surface area contributed by atoms with Crippen LogP contribution in [-0.2, 0) is 6.54 Å². The van der Waals surface area contributed by atoms with Gasteiger partial charge in [0.2, 0.25) is 0 Å². The molecule has 2 amide bonds. The predicted molar refractivity (Wildman–Crippen MR) is 95.2 cm³/mol. The Labute approximate surface area is 143 Å². The smallest absolute Gasteiger partial charge is 0.321 e. The van der Waals surface area contributed by atoms with E-state index in [0.717, 1.165) is 56.1 Å². The molecule has 0 saturated carbocycles. The summed E-state index contributed by atoms with van der Waals surface area (Å²) in [4.78, 5) is 16.7. The lowest BCUT2D eigenvalue weighted by Crippen LogP contribution is -2.50. The maximum absolute atomic E-state index is 12.4. The quantitative estimate of drug-likeness (QED) is 0.938. The van der Waals surface area contributed by atoms with E-state index < -0.39 is 0 Å². The van der Waals surface area contributed by atoms with Crippen LogP contribution in [0.5, 0.6) is 0 Å². The van der Waals surface area contributed by atoms with Gasteiger partial charge in [0, 0.05) is 50.8 Å². The van der Waals surface area contributed by atoms with E-state index in [0.29, 0.717) is 0 Å². The number of nitrogens with zero attached hydrogens (tertiary/aromatic N) is 4. The minimum Gasteiger partial charge on any atom is -0.322 e. The van der Waals surface area contributed by atoms with Crippen molar-refractivity contribution in [2.45, 2.75) is 20.4 Å². The second-order valence-electron chi connectivity index (χ2n) is 6.40. The molecular formula is C18H25N5O. The number of piperazine rings is 1. The summed E-state index contributed by atoms with van der Waals surface area (Å²) < 4.78 is 1.94. The van der Waals surface area contributed by atoms with Crippen molar-refractivity contribution in [3.63, 3.8) is 0 Å². The molecule has 1 N–H and O–H groups in total. The van der Waals surface area contributed by atoms with Gasteiger partial charge in [0.1, 0.15) is 0 Å². The number of amides is 2. The Kier molecular flexibility index (Phi) is 5.15. The molecular weight excluding hydrogens is 302 g/mol. The lowest BCUT2D eigenvalue weighted by Gasteiger charge is -2.34. The molecule has 1 fully saturated rings. The fourth-order valence-corrected chi connectivity index (χ4v) is 3.10. The van der Waals surface area contributed by atoms with Gasteiger partial charge in [0.25, 0.3) is 0 Å². The van der Waals surface area contributed by atoms with Gasteiger partial charge in [-0.2, -0.15) is 5.10 Å². The molecule has 3 rings (SSSR count). The topological polar surface area (TPSA) is 53.4 Å². The molecule has 0 bridgehead atoms. The van der Waals surface area contributed by atoms with Crippen molar-refractivity contribution in [1.82, 2.24) is 19.6 Å². The highest BCUT2D eigenvalue weighted by Crippen LogP contribution is 2.15. The number of nitrogens with one attached hydrogen (secondary N) is 1. The summed E-state index contributed by atoms with van der Waals surface area (Å²) in [6, 6.07) is 8.05. The van der Waals surface area contributed by atoms with Crippen LogP contribution in [0.3, 0.4) is 0 Å². The van der Waals surface area contributed by atoms with Crippen LogP contribution in [0.2, 0.25) is 0 Å². The summed E-state index contributed by atoms with van der Waals surface area (Å²) in [6.45, 7) is 9.27. The van der Waals surface area contributed by atoms with Gasteiger partial charge >= 0.3 is 6.03 Å². The van der Waals surface area contributed by atoms with Crippen LogP contribution in [0.4, 0.5) is 10.5 Å². The second kappa shape index (κ2) is 7.49. The maximum Gasteiger partial charge on any atom is 0.321 e. The van der Waals surface area contributed by atoms with Gasteiger partial charge in [-0.15, -0.1) is 0 Å². The summed E-state index contributed by atoms with van der Waals surface area (Å²) in [5, 5.41) is 7.24. The van der Waals surface area contributed by atoms with Crippen LogP contribution < -0.4 is 5.32 Å². The number of aryl methyl sites for hydroxylation is 2. The monoisotopic (exact) mass is 327 g/mol. The van der Waals surface area contributed by atoms with Crippen LogP contribution in [0.25, 0.3) is 0 Å². The SMILES string of the molecule is Cc1cc(C)cc(NC(=O)N2CCN(CCn3cccn3)CC2)c1. The molecule has 6 nitrogen and oxygen atoms in total. The fraction of sp³-hybridized carbons (Fsp3) is 0.444. The van der Waals surface area contributed by atoms with Crippen molar-refractivity contribution in [1.29, 1.82) is 0 Å². The number of aromatic nitrogens is 2. The van der Waals surface area contributed by atoms with Crippen molar-refractivity contribution in [2.24, 2.45) is 0 Å². The van der Waals surface area contributed by atoms with Gasteiger partial charge in [0.15, 0.2) is 0 Å². The van der Waals surface area contributed by atoms with Crippen LogP contribution in [0.15, 0.2) is 36.7 Å². The van der Waals surface area contributed by atoms with Crippen molar-refractivity contribution in [2.75, 3.05) is 38.0 Å². The van der Waals surface area contributed by atoms with E-state index in [1.54, 1.807) is 6.20 Å². The first kappa shape index (κ1) is 16.5. The highest BCUT2D eigenvalue weighted by molar-refractivity contribution is 5.89. The molecule has 1 aliphatic heterocycles. The maximum atomic E-state index is 12.4. The minimum absolute atomic E-state index is 0.00766. The Morgan fingerprint density at radius 3 is 2.42 bits per heavy atom.